The summed E-state index contributed by atoms with van der Waals surface area (Å²) in [7, 11) is 3.55. The number of amides is 1. The molecule has 3 aromatic rings. The van der Waals surface area contributed by atoms with E-state index in [1.54, 1.807) is 13.3 Å². The molecule has 146 valence electrons. The van der Waals surface area contributed by atoms with Crippen molar-refractivity contribution < 1.29 is 9.53 Å². The Labute approximate surface area is 173 Å². The molecule has 0 aliphatic carbocycles. The lowest BCUT2D eigenvalue weighted by molar-refractivity contribution is -0.117. The summed E-state index contributed by atoms with van der Waals surface area (Å²) in [6, 6.07) is 15.5. The highest BCUT2D eigenvalue weighted by atomic mass is 35.5. The van der Waals surface area contributed by atoms with Crippen LogP contribution in [0.1, 0.15) is 16.0 Å². The highest BCUT2D eigenvalue weighted by Crippen LogP contribution is 2.24. The Kier molecular flexibility index (Phi) is 7.03. The van der Waals surface area contributed by atoms with Gasteiger partial charge in [-0.15, -0.1) is 11.3 Å². The van der Waals surface area contributed by atoms with Crippen molar-refractivity contribution >= 4 is 34.0 Å². The van der Waals surface area contributed by atoms with Crippen LogP contribution < -0.4 is 10.1 Å². The maximum absolute atomic E-state index is 12.4. The number of nitrogens with zero attached hydrogens (tertiary/aromatic N) is 2. The van der Waals surface area contributed by atoms with E-state index in [0.717, 1.165) is 26.8 Å². The van der Waals surface area contributed by atoms with Gasteiger partial charge >= 0.3 is 0 Å². The van der Waals surface area contributed by atoms with E-state index < -0.39 is 0 Å². The molecule has 1 heterocycles. The lowest BCUT2D eigenvalue weighted by atomic mass is 10.1. The molecule has 0 saturated heterocycles. The first-order chi connectivity index (χ1) is 13.5. The average Bonchev–Trinajstić information content (AvgIpc) is 3.10. The third kappa shape index (κ3) is 5.55. The van der Waals surface area contributed by atoms with Gasteiger partial charge in [-0.1, -0.05) is 48.0 Å². The first kappa shape index (κ1) is 20.3. The monoisotopic (exact) mass is 415 g/mol. The van der Waals surface area contributed by atoms with Crippen LogP contribution in [0.2, 0.25) is 5.02 Å². The van der Waals surface area contributed by atoms with Crippen LogP contribution in [0, 0.1) is 0 Å². The van der Waals surface area contributed by atoms with Crippen LogP contribution >= 0.6 is 22.9 Å². The number of carbonyl (C=O) groups is 1. The number of thiazole rings is 1. The van der Waals surface area contributed by atoms with Crippen LogP contribution in [-0.2, 0) is 17.8 Å². The number of methoxy groups -OCH3 is 1. The molecule has 1 amide bonds. The summed E-state index contributed by atoms with van der Waals surface area (Å²) in [5.41, 5.74) is 2.08. The third-order valence-corrected chi connectivity index (χ3v) is 5.45. The molecule has 0 saturated carbocycles. The molecule has 0 atom stereocenters. The van der Waals surface area contributed by atoms with Crippen molar-refractivity contribution in [1.29, 1.82) is 0 Å². The number of benzene rings is 2. The summed E-state index contributed by atoms with van der Waals surface area (Å²) in [5.74, 6) is 0.718. The third-order valence-electron chi connectivity index (χ3n) is 4.17. The summed E-state index contributed by atoms with van der Waals surface area (Å²) < 4.78 is 5.36. The molecular formula is C21H22ClN3O2S. The van der Waals surface area contributed by atoms with Crippen LogP contribution in [-0.4, -0.2) is 36.5 Å². The Morgan fingerprint density at radius 3 is 2.64 bits per heavy atom. The topological polar surface area (TPSA) is 54.5 Å². The van der Waals surface area contributed by atoms with Gasteiger partial charge in [0.2, 0.25) is 5.91 Å². The number of rotatable bonds is 8. The predicted molar refractivity (Wildman–Crippen MR) is 114 cm³/mol. The number of aromatic nitrogens is 1. The fraction of sp³-hybridized carbons (Fsp3) is 0.238. The number of para-hydroxylation sites is 1. The number of anilines is 1. The second-order valence-corrected chi connectivity index (χ2v) is 7.95. The standard InChI is InChI=1S/C21H22ClN3O2S/c1-25(13-16-8-4-6-10-19(16)27-2)14-20(26)24-21-23-12-17(28-21)11-15-7-3-5-9-18(15)22/h3-10,12H,11,13-14H2,1-2H3,(H,23,24,26). The molecular weight excluding hydrogens is 394 g/mol. The number of carbonyl (C=O) groups excluding carboxylic acids is 1. The number of hydrogen-bond acceptors (Lipinski definition) is 5. The largest absolute Gasteiger partial charge is 0.496 e. The normalized spacial score (nSPS) is 10.9. The molecule has 5 nitrogen and oxygen atoms in total. The second-order valence-electron chi connectivity index (χ2n) is 6.43. The Balaban J connectivity index is 1.53. The van der Waals surface area contributed by atoms with Gasteiger partial charge in [-0.05, 0) is 24.7 Å². The smallest absolute Gasteiger partial charge is 0.240 e. The Morgan fingerprint density at radius 2 is 1.89 bits per heavy atom. The summed E-state index contributed by atoms with van der Waals surface area (Å²) in [6.07, 6.45) is 2.48. The number of hydrogen-bond donors (Lipinski definition) is 1. The molecule has 1 N–H and O–H groups in total. The van der Waals surface area contributed by atoms with Crippen molar-refractivity contribution in [3.63, 3.8) is 0 Å². The SMILES string of the molecule is COc1ccccc1CN(C)CC(=O)Nc1ncc(Cc2ccccc2Cl)s1. The van der Waals surface area contributed by atoms with Gasteiger partial charge in [-0.3, -0.25) is 9.69 Å². The highest BCUT2D eigenvalue weighted by molar-refractivity contribution is 7.15. The summed E-state index contributed by atoms with van der Waals surface area (Å²) >= 11 is 7.67. The Morgan fingerprint density at radius 1 is 1.18 bits per heavy atom. The lowest BCUT2D eigenvalue weighted by Crippen LogP contribution is -2.29. The van der Waals surface area contributed by atoms with Gasteiger partial charge in [-0.25, -0.2) is 4.98 Å². The van der Waals surface area contributed by atoms with Crippen molar-refractivity contribution in [3.05, 3.63) is 75.8 Å². The molecule has 0 aliphatic rings. The predicted octanol–water partition coefficient (Wildman–Crippen LogP) is 4.47. The molecule has 1 aromatic heterocycles. The molecule has 0 radical (unpaired) electrons. The molecule has 0 fully saturated rings. The minimum atomic E-state index is -0.101. The van der Waals surface area contributed by atoms with Crippen molar-refractivity contribution in [2.45, 2.75) is 13.0 Å². The van der Waals surface area contributed by atoms with E-state index >= 15 is 0 Å². The van der Waals surface area contributed by atoms with Crippen molar-refractivity contribution in [3.8, 4) is 5.75 Å². The van der Waals surface area contributed by atoms with Crippen molar-refractivity contribution in [1.82, 2.24) is 9.88 Å². The first-order valence-electron chi connectivity index (χ1n) is 8.83. The van der Waals surface area contributed by atoms with Crippen LogP contribution in [0.15, 0.2) is 54.7 Å². The molecule has 28 heavy (non-hydrogen) atoms. The fourth-order valence-corrected chi connectivity index (χ4v) is 3.91. The Hall–Kier alpha value is -2.41. The highest BCUT2D eigenvalue weighted by Gasteiger charge is 2.12. The number of ether oxygens (including phenoxy) is 1. The number of halogens is 1. The molecule has 0 unspecified atom stereocenters. The van der Waals surface area contributed by atoms with E-state index in [-0.39, 0.29) is 12.5 Å². The molecule has 0 bridgehead atoms. The molecule has 7 heteroatoms. The van der Waals surface area contributed by atoms with E-state index in [9.17, 15) is 4.79 Å². The second kappa shape index (κ2) is 9.68. The zero-order valence-electron chi connectivity index (χ0n) is 15.8. The van der Waals surface area contributed by atoms with E-state index in [4.69, 9.17) is 16.3 Å². The van der Waals surface area contributed by atoms with Gasteiger partial charge in [0, 0.05) is 34.6 Å². The van der Waals surface area contributed by atoms with Gasteiger partial charge in [0.1, 0.15) is 5.75 Å². The summed E-state index contributed by atoms with van der Waals surface area (Å²) in [4.78, 5) is 19.6. The average molecular weight is 416 g/mol. The summed E-state index contributed by atoms with van der Waals surface area (Å²) in [6.45, 7) is 0.879. The minimum absolute atomic E-state index is 0.101. The maximum Gasteiger partial charge on any atom is 0.240 e. The molecule has 2 aromatic carbocycles. The Bertz CT molecular complexity index is 945. The first-order valence-corrected chi connectivity index (χ1v) is 10.0. The van der Waals surface area contributed by atoms with Gasteiger partial charge in [0.05, 0.1) is 13.7 Å². The van der Waals surface area contributed by atoms with E-state index in [0.29, 0.717) is 18.1 Å². The van der Waals surface area contributed by atoms with E-state index in [2.05, 4.69) is 10.3 Å². The summed E-state index contributed by atoms with van der Waals surface area (Å²) in [5, 5.41) is 4.20. The van der Waals surface area contributed by atoms with Crippen LogP contribution in [0.25, 0.3) is 0 Å². The van der Waals surface area contributed by atoms with E-state index in [1.807, 2.05) is 60.5 Å². The quantitative estimate of drug-likeness (QED) is 0.589. The van der Waals surface area contributed by atoms with Crippen molar-refractivity contribution in [2.24, 2.45) is 0 Å². The zero-order valence-corrected chi connectivity index (χ0v) is 17.4. The van der Waals surface area contributed by atoms with Gasteiger partial charge in [0.15, 0.2) is 5.13 Å². The van der Waals surface area contributed by atoms with Crippen LogP contribution in [0.4, 0.5) is 5.13 Å². The zero-order chi connectivity index (χ0) is 19.9. The van der Waals surface area contributed by atoms with Crippen LogP contribution in [0.3, 0.4) is 0 Å². The maximum atomic E-state index is 12.4. The minimum Gasteiger partial charge on any atom is -0.496 e. The molecule has 3 rings (SSSR count). The van der Waals surface area contributed by atoms with Crippen LogP contribution in [0.5, 0.6) is 5.75 Å². The number of nitrogens with one attached hydrogen (secondary N) is 1. The van der Waals surface area contributed by atoms with Gasteiger partial charge in [-0.2, -0.15) is 0 Å². The van der Waals surface area contributed by atoms with Gasteiger partial charge < -0.3 is 10.1 Å². The van der Waals surface area contributed by atoms with Crippen molar-refractivity contribution in [2.75, 3.05) is 26.0 Å². The fourth-order valence-electron chi connectivity index (χ4n) is 2.86. The van der Waals surface area contributed by atoms with Gasteiger partial charge in [0.25, 0.3) is 0 Å². The lowest BCUT2D eigenvalue weighted by Gasteiger charge is -2.17. The molecule has 0 spiro atoms. The number of likely N-dealkylation sites (N-methyl/N-ethyl adjacent to an activating group) is 1. The molecule has 0 aliphatic heterocycles. The van der Waals surface area contributed by atoms with E-state index in [1.165, 1.54) is 11.3 Å².